The van der Waals surface area contributed by atoms with Gasteiger partial charge in [-0.1, -0.05) is 0 Å². The van der Waals surface area contributed by atoms with Gasteiger partial charge in [0.1, 0.15) is 0 Å². The van der Waals surface area contributed by atoms with Gasteiger partial charge < -0.3 is 5.43 Å². The van der Waals surface area contributed by atoms with Crippen molar-refractivity contribution >= 4 is 15.7 Å². The van der Waals surface area contributed by atoms with Gasteiger partial charge in [-0.2, -0.15) is 5.10 Å². The highest BCUT2D eigenvalue weighted by Gasteiger charge is 2.19. The summed E-state index contributed by atoms with van der Waals surface area (Å²) in [6.45, 7) is 2.57. The number of sulfonamides is 1. The fourth-order valence-corrected chi connectivity index (χ4v) is 2.78. The van der Waals surface area contributed by atoms with Crippen LogP contribution < -0.4 is 16.0 Å². The number of hydrazine groups is 1. The fourth-order valence-electron chi connectivity index (χ4n) is 1.67. The Balaban J connectivity index is 2.04. The molecule has 0 aliphatic carbocycles. The maximum atomic E-state index is 12.1. The molecule has 0 saturated carbocycles. The van der Waals surface area contributed by atoms with Crippen LogP contribution in [0.3, 0.4) is 0 Å². The normalized spacial score (nSPS) is 11.5. The van der Waals surface area contributed by atoms with E-state index in [0.29, 0.717) is 6.54 Å². The molecule has 2 rings (SSSR count). The van der Waals surface area contributed by atoms with Crippen molar-refractivity contribution < 1.29 is 8.42 Å². The lowest BCUT2D eigenvalue weighted by molar-refractivity contribution is 0.558. The molecule has 0 radical (unpaired) electrons. The van der Waals surface area contributed by atoms with Crippen molar-refractivity contribution in [3.05, 3.63) is 36.3 Å². The minimum atomic E-state index is -3.71. The summed E-state index contributed by atoms with van der Waals surface area (Å²) in [5.74, 6) is 5.27. The summed E-state index contributed by atoms with van der Waals surface area (Å²) in [6, 6.07) is 3.14. The topological polar surface area (TPSA) is 115 Å². The number of anilines is 1. The lowest BCUT2D eigenvalue weighted by Gasteiger charge is -2.09. The van der Waals surface area contributed by atoms with Gasteiger partial charge in [0.15, 0.2) is 5.03 Å². The summed E-state index contributed by atoms with van der Waals surface area (Å²) in [5.41, 5.74) is 3.58. The van der Waals surface area contributed by atoms with Crippen LogP contribution in [0, 0.1) is 6.92 Å². The summed E-state index contributed by atoms with van der Waals surface area (Å²) in [7, 11) is -3.71. The first kappa shape index (κ1) is 14.4. The Morgan fingerprint density at radius 1 is 1.45 bits per heavy atom. The first-order chi connectivity index (χ1) is 9.53. The quantitative estimate of drug-likeness (QED) is 0.504. The van der Waals surface area contributed by atoms with E-state index < -0.39 is 10.0 Å². The summed E-state index contributed by atoms with van der Waals surface area (Å²) < 4.78 is 28.3. The molecule has 0 aliphatic heterocycles. The minimum absolute atomic E-state index is 0.126. The molecule has 0 bridgehead atoms. The molecule has 9 heteroatoms. The SMILES string of the molecule is Cc1cnn(CCNS(=O)(=O)c2ncccc2NN)c1. The van der Waals surface area contributed by atoms with Gasteiger partial charge in [0.25, 0.3) is 10.0 Å². The molecular formula is C11H16N6O2S. The third-order valence-electron chi connectivity index (χ3n) is 2.58. The third kappa shape index (κ3) is 3.32. The van der Waals surface area contributed by atoms with Crippen molar-refractivity contribution in [3.63, 3.8) is 0 Å². The Morgan fingerprint density at radius 3 is 2.90 bits per heavy atom. The van der Waals surface area contributed by atoms with E-state index in [9.17, 15) is 8.42 Å². The van der Waals surface area contributed by atoms with Gasteiger partial charge >= 0.3 is 0 Å². The second-order valence-corrected chi connectivity index (χ2v) is 5.86. The van der Waals surface area contributed by atoms with Crippen molar-refractivity contribution in [1.29, 1.82) is 0 Å². The highest BCUT2D eigenvalue weighted by atomic mass is 32.2. The highest BCUT2D eigenvalue weighted by Crippen LogP contribution is 2.15. The van der Waals surface area contributed by atoms with Crippen LogP contribution in [0.5, 0.6) is 0 Å². The Hall–Kier alpha value is -1.97. The largest absolute Gasteiger partial charge is 0.321 e. The van der Waals surface area contributed by atoms with Crippen LogP contribution in [0.15, 0.2) is 35.7 Å². The van der Waals surface area contributed by atoms with E-state index in [-0.39, 0.29) is 17.3 Å². The molecule has 0 atom stereocenters. The summed E-state index contributed by atoms with van der Waals surface area (Å²) in [4.78, 5) is 3.84. The molecule has 0 amide bonds. The van der Waals surface area contributed by atoms with E-state index in [1.807, 2.05) is 13.1 Å². The smallest absolute Gasteiger partial charge is 0.260 e. The number of nitrogens with two attached hydrogens (primary N) is 1. The molecule has 108 valence electrons. The van der Waals surface area contributed by atoms with Crippen LogP contribution in [-0.4, -0.2) is 29.7 Å². The first-order valence-electron chi connectivity index (χ1n) is 5.93. The maximum absolute atomic E-state index is 12.1. The molecule has 0 aromatic carbocycles. The number of aryl methyl sites for hydroxylation is 1. The molecule has 0 saturated heterocycles. The fraction of sp³-hybridized carbons (Fsp3) is 0.273. The zero-order valence-corrected chi connectivity index (χ0v) is 11.8. The van der Waals surface area contributed by atoms with Crippen molar-refractivity contribution in [3.8, 4) is 0 Å². The van der Waals surface area contributed by atoms with Crippen LogP contribution in [-0.2, 0) is 16.6 Å². The third-order valence-corrected chi connectivity index (χ3v) is 4.00. The van der Waals surface area contributed by atoms with E-state index in [4.69, 9.17) is 5.84 Å². The van der Waals surface area contributed by atoms with Crippen molar-refractivity contribution in [1.82, 2.24) is 19.5 Å². The molecule has 20 heavy (non-hydrogen) atoms. The molecule has 0 fully saturated rings. The number of nitrogens with zero attached hydrogens (tertiary/aromatic N) is 3. The summed E-state index contributed by atoms with van der Waals surface area (Å²) in [5, 5.41) is 3.95. The molecular weight excluding hydrogens is 280 g/mol. The predicted molar refractivity (Wildman–Crippen MR) is 74.2 cm³/mol. The zero-order valence-electron chi connectivity index (χ0n) is 10.9. The average molecular weight is 296 g/mol. The van der Waals surface area contributed by atoms with Crippen molar-refractivity contribution in [2.75, 3.05) is 12.0 Å². The van der Waals surface area contributed by atoms with E-state index >= 15 is 0 Å². The number of rotatable bonds is 6. The number of hydrogen-bond acceptors (Lipinski definition) is 6. The Morgan fingerprint density at radius 2 is 2.25 bits per heavy atom. The van der Waals surface area contributed by atoms with Crippen LogP contribution >= 0.6 is 0 Å². The molecule has 0 unspecified atom stereocenters. The Bertz CT molecular complexity index is 682. The zero-order chi connectivity index (χ0) is 14.6. The second kappa shape index (κ2) is 5.99. The van der Waals surface area contributed by atoms with Crippen molar-refractivity contribution in [2.24, 2.45) is 5.84 Å². The molecule has 2 aromatic rings. The lowest BCUT2D eigenvalue weighted by Crippen LogP contribution is -2.29. The number of nitrogens with one attached hydrogen (secondary N) is 2. The summed E-state index contributed by atoms with van der Waals surface area (Å²) in [6.07, 6.45) is 4.94. The molecule has 0 spiro atoms. The maximum Gasteiger partial charge on any atom is 0.260 e. The molecule has 0 aliphatic rings. The van der Waals surface area contributed by atoms with E-state index in [2.05, 4.69) is 20.2 Å². The van der Waals surface area contributed by atoms with Gasteiger partial charge in [-0.3, -0.25) is 10.5 Å². The van der Waals surface area contributed by atoms with Gasteiger partial charge in [-0.25, -0.2) is 18.1 Å². The molecule has 2 aromatic heterocycles. The van der Waals surface area contributed by atoms with E-state index in [1.165, 1.54) is 6.20 Å². The number of hydrogen-bond donors (Lipinski definition) is 3. The molecule has 4 N–H and O–H groups in total. The van der Waals surface area contributed by atoms with E-state index in [1.54, 1.807) is 23.0 Å². The van der Waals surface area contributed by atoms with Gasteiger partial charge in [-0.05, 0) is 24.6 Å². The van der Waals surface area contributed by atoms with Crippen LogP contribution in [0.1, 0.15) is 5.56 Å². The predicted octanol–water partition coefficient (Wildman–Crippen LogP) is -0.149. The Kier molecular flexibility index (Phi) is 4.32. The van der Waals surface area contributed by atoms with Gasteiger partial charge in [-0.15, -0.1) is 0 Å². The van der Waals surface area contributed by atoms with E-state index in [0.717, 1.165) is 5.56 Å². The second-order valence-electron chi connectivity index (χ2n) is 4.18. The van der Waals surface area contributed by atoms with Crippen LogP contribution in [0.25, 0.3) is 0 Å². The number of aromatic nitrogens is 3. The van der Waals surface area contributed by atoms with Crippen LogP contribution in [0.2, 0.25) is 0 Å². The summed E-state index contributed by atoms with van der Waals surface area (Å²) >= 11 is 0. The van der Waals surface area contributed by atoms with Gasteiger partial charge in [0.2, 0.25) is 0 Å². The number of pyridine rings is 1. The van der Waals surface area contributed by atoms with Gasteiger partial charge in [0, 0.05) is 18.9 Å². The molecule has 2 heterocycles. The standard InChI is InChI=1S/C11H16N6O2S/c1-9-7-14-17(8-9)6-5-15-20(18,19)11-10(16-12)3-2-4-13-11/h2-4,7-8,15-16H,5-6,12H2,1H3. The average Bonchev–Trinajstić information content (AvgIpc) is 2.84. The monoisotopic (exact) mass is 296 g/mol. The lowest BCUT2D eigenvalue weighted by atomic mass is 10.4. The van der Waals surface area contributed by atoms with Crippen molar-refractivity contribution in [2.45, 2.75) is 18.5 Å². The van der Waals surface area contributed by atoms with Gasteiger partial charge in [0.05, 0.1) is 18.4 Å². The van der Waals surface area contributed by atoms with Crippen LogP contribution in [0.4, 0.5) is 5.69 Å². The molecule has 8 nitrogen and oxygen atoms in total. The first-order valence-corrected chi connectivity index (χ1v) is 7.41. The number of nitrogen functional groups attached to an aromatic ring is 1. The highest BCUT2D eigenvalue weighted by molar-refractivity contribution is 7.89. The minimum Gasteiger partial charge on any atom is -0.321 e. The Labute approximate surface area is 117 Å².